The first kappa shape index (κ1) is 5.45. The van der Waals surface area contributed by atoms with Crippen LogP contribution < -0.4 is 5.73 Å². The second-order valence-electron chi connectivity index (χ2n) is 2.16. The molecule has 0 saturated heterocycles. The molecule has 2 N–H and O–H groups in total. The Morgan fingerprint density at radius 3 is 2.29 bits per heavy atom. The van der Waals surface area contributed by atoms with Crippen molar-refractivity contribution >= 4 is 12.6 Å². The van der Waals surface area contributed by atoms with E-state index in [2.05, 4.69) is 12.6 Å². The highest BCUT2D eigenvalue weighted by atomic mass is 32.1. The Labute approximate surface area is 49.7 Å². The van der Waals surface area contributed by atoms with E-state index in [1.54, 1.807) is 0 Å². The lowest BCUT2D eigenvalue weighted by atomic mass is 10.3. The molecule has 0 heterocycles. The Bertz CT molecular complexity index is 57.1. The van der Waals surface area contributed by atoms with Crippen molar-refractivity contribution in [3.05, 3.63) is 0 Å². The summed E-state index contributed by atoms with van der Waals surface area (Å²) < 4.78 is 0. The van der Waals surface area contributed by atoms with Crippen LogP contribution in [-0.2, 0) is 0 Å². The quantitative estimate of drug-likeness (QED) is 0.451. The van der Waals surface area contributed by atoms with Gasteiger partial charge in [-0.25, -0.2) is 0 Å². The lowest BCUT2D eigenvalue weighted by Crippen LogP contribution is -2.24. The van der Waals surface area contributed by atoms with E-state index in [-0.39, 0.29) is 0 Å². The van der Waals surface area contributed by atoms with Gasteiger partial charge in [0.25, 0.3) is 0 Å². The van der Waals surface area contributed by atoms with Gasteiger partial charge in [0, 0.05) is 11.3 Å². The highest BCUT2D eigenvalue weighted by Gasteiger charge is 2.19. The minimum atomic E-state index is 0.378. The summed E-state index contributed by atoms with van der Waals surface area (Å²) >= 11 is 4.26. The first-order chi connectivity index (χ1) is 3.30. The van der Waals surface area contributed by atoms with Gasteiger partial charge in [0.1, 0.15) is 0 Å². The molecule has 1 saturated carbocycles. The van der Waals surface area contributed by atoms with Crippen LogP contribution >= 0.6 is 12.6 Å². The van der Waals surface area contributed by atoms with Crippen LogP contribution in [0.1, 0.15) is 19.3 Å². The maximum absolute atomic E-state index is 5.60. The van der Waals surface area contributed by atoms with Gasteiger partial charge in [-0.15, -0.1) is 0 Å². The third kappa shape index (κ3) is 1.10. The van der Waals surface area contributed by atoms with Gasteiger partial charge in [-0.1, -0.05) is 6.42 Å². The van der Waals surface area contributed by atoms with Gasteiger partial charge in [0.15, 0.2) is 0 Å². The summed E-state index contributed by atoms with van der Waals surface area (Å²) in [4.78, 5) is 0. The van der Waals surface area contributed by atoms with Crippen LogP contribution in [0.25, 0.3) is 0 Å². The largest absolute Gasteiger partial charge is 0.327 e. The SMILES string of the molecule is N[C@H]1CCC[C@@H]1S. The monoisotopic (exact) mass is 117 g/mol. The first-order valence-corrected chi connectivity index (χ1v) is 3.26. The molecule has 1 fully saturated rings. The molecular formula is C5H11NS. The zero-order chi connectivity index (χ0) is 5.28. The van der Waals surface area contributed by atoms with Gasteiger partial charge in [0.05, 0.1) is 0 Å². The third-order valence-corrected chi connectivity index (χ3v) is 2.17. The second-order valence-corrected chi connectivity index (χ2v) is 2.83. The molecular weight excluding hydrogens is 106 g/mol. The van der Waals surface area contributed by atoms with E-state index < -0.39 is 0 Å². The van der Waals surface area contributed by atoms with Crippen molar-refractivity contribution in [1.29, 1.82) is 0 Å². The van der Waals surface area contributed by atoms with Gasteiger partial charge in [-0.2, -0.15) is 12.6 Å². The van der Waals surface area contributed by atoms with Gasteiger partial charge in [-0.3, -0.25) is 0 Å². The number of rotatable bonds is 0. The van der Waals surface area contributed by atoms with Gasteiger partial charge in [-0.05, 0) is 12.8 Å². The second kappa shape index (κ2) is 2.05. The van der Waals surface area contributed by atoms with Crippen molar-refractivity contribution < 1.29 is 0 Å². The van der Waals surface area contributed by atoms with Crippen LogP contribution in [0.15, 0.2) is 0 Å². The van der Waals surface area contributed by atoms with Crippen molar-refractivity contribution in [1.82, 2.24) is 0 Å². The van der Waals surface area contributed by atoms with Crippen molar-refractivity contribution in [3.8, 4) is 0 Å². The maximum atomic E-state index is 5.60. The van der Waals surface area contributed by atoms with Crippen LogP contribution in [0.4, 0.5) is 0 Å². The summed E-state index contributed by atoms with van der Waals surface area (Å²) in [5, 5.41) is 0.486. The summed E-state index contributed by atoms with van der Waals surface area (Å²) in [6.07, 6.45) is 3.66. The van der Waals surface area contributed by atoms with Crippen LogP contribution in [0, 0.1) is 0 Å². The molecule has 42 valence electrons. The molecule has 1 nitrogen and oxygen atoms in total. The van der Waals surface area contributed by atoms with Gasteiger partial charge >= 0.3 is 0 Å². The topological polar surface area (TPSA) is 26.0 Å². The zero-order valence-corrected chi connectivity index (χ0v) is 5.20. The highest BCUT2D eigenvalue weighted by Crippen LogP contribution is 2.21. The molecule has 2 heteroatoms. The molecule has 2 atom stereocenters. The minimum absolute atomic E-state index is 0.378. The van der Waals surface area contributed by atoms with E-state index in [1.807, 2.05) is 0 Å². The Morgan fingerprint density at radius 1 is 1.43 bits per heavy atom. The van der Waals surface area contributed by atoms with Crippen LogP contribution in [0.2, 0.25) is 0 Å². The fourth-order valence-electron chi connectivity index (χ4n) is 0.969. The molecule has 0 bridgehead atoms. The molecule has 0 radical (unpaired) electrons. The Balaban J connectivity index is 2.33. The fraction of sp³-hybridized carbons (Fsp3) is 1.00. The van der Waals surface area contributed by atoms with E-state index in [4.69, 9.17) is 5.73 Å². The van der Waals surface area contributed by atoms with Crippen molar-refractivity contribution in [3.63, 3.8) is 0 Å². The molecule has 7 heavy (non-hydrogen) atoms. The number of nitrogens with two attached hydrogens (primary N) is 1. The average Bonchev–Trinajstić information content (AvgIpc) is 1.91. The summed E-state index contributed by atoms with van der Waals surface area (Å²) in [6, 6.07) is 0.378. The number of hydrogen-bond acceptors (Lipinski definition) is 2. The lowest BCUT2D eigenvalue weighted by Gasteiger charge is -2.04. The summed E-state index contributed by atoms with van der Waals surface area (Å²) in [5.41, 5.74) is 5.60. The van der Waals surface area contributed by atoms with Crippen molar-refractivity contribution in [2.24, 2.45) is 5.73 Å². The minimum Gasteiger partial charge on any atom is -0.327 e. The molecule has 0 aromatic rings. The molecule has 0 aromatic heterocycles. The lowest BCUT2D eigenvalue weighted by molar-refractivity contribution is 0.719. The van der Waals surface area contributed by atoms with E-state index in [9.17, 15) is 0 Å². The maximum Gasteiger partial charge on any atom is 0.0168 e. The summed E-state index contributed by atoms with van der Waals surface area (Å²) in [7, 11) is 0. The predicted octanol–water partition coefficient (Wildman–Crippen LogP) is 0.796. The van der Waals surface area contributed by atoms with Crippen LogP contribution in [0.5, 0.6) is 0 Å². The van der Waals surface area contributed by atoms with E-state index in [1.165, 1.54) is 19.3 Å². The standard InChI is InChI=1S/C5H11NS/c6-4-2-1-3-5(4)7/h4-5,7H,1-3,6H2/t4-,5-/m0/s1. The predicted molar refractivity (Wildman–Crippen MR) is 34.6 cm³/mol. The zero-order valence-electron chi connectivity index (χ0n) is 4.30. The molecule has 1 aliphatic carbocycles. The number of thiol groups is 1. The van der Waals surface area contributed by atoms with Crippen molar-refractivity contribution in [2.45, 2.75) is 30.6 Å². The number of hydrogen-bond donors (Lipinski definition) is 2. The molecule has 1 aliphatic rings. The summed E-state index contributed by atoms with van der Waals surface area (Å²) in [5.74, 6) is 0. The molecule has 0 aromatic carbocycles. The van der Waals surface area contributed by atoms with Gasteiger partial charge < -0.3 is 5.73 Å². The normalized spacial score (nSPS) is 42.0. The highest BCUT2D eigenvalue weighted by molar-refractivity contribution is 7.81. The van der Waals surface area contributed by atoms with Gasteiger partial charge in [0.2, 0.25) is 0 Å². The van der Waals surface area contributed by atoms with Crippen LogP contribution in [0.3, 0.4) is 0 Å². The van der Waals surface area contributed by atoms with E-state index in [0.29, 0.717) is 11.3 Å². The molecule has 0 spiro atoms. The van der Waals surface area contributed by atoms with E-state index in [0.717, 1.165) is 0 Å². The molecule has 0 amide bonds. The molecule has 1 rings (SSSR count). The fourth-order valence-corrected chi connectivity index (χ4v) is 1.30. The molecule has 0 unspecified atom stereocenters. The first-order valence-electron chi connectivity index (χ1n) is 2.74. The average molecular weight is 117 g/mol. The van der Waals surface area contributed by atoms with Crippen LogP contribution in [-0.4, -0.2) is 11.3 Å². The smallest absolute Gasteiger partial charge is 0.0168 e. The van der Waals surface area contributed by atoms with E-state index >= 15 is 0 Å². The third-order valence-electron chi connectivity index (χ3n) is 1.53. The molecule has 0 aliphatic heterocycles. The Morgan fingerprint density at radius 2 is 2.14 bits per heavy atom. The Kier molecular flexibility index (Phi) is 1.60. The van der Waals surface area contributed by atoms with Crippen molar-refractivity contribution in [2.75, 3.05) is 0 Å². The Hall–Kier alpha value is 0.310. The summed E-state index contributed by atoms with van der Waals surface area (Å²) in [6.45, 7) is 0.